The zero-order valence-electron chi connectivity index (χ0n) is 6.45. The van der Waals surface area contributed by atoms with Crippen LogP contribution >= 0.6 is 12.2 Å². The highest BCUT2D eigenvalue weighted by Gasteiger charge is 2.08. The Labute approximate surface area is 72.1 Å². The van der Waals surface area contributed by atoms with Crippen LogP contribution in [0.4, 0.5) is 0 Å². The molecular formula is C7H12N2OS. The minimum atomic E-state index is 0.767. The molecule has 0 aliphatic carbocycles. The predicted molar refractivity (Wildman–Crippen MR) is 47.2 cm³/mol. The Morgan fingerprint density at radius 2 is 2.18 bits per heavy atom. The maximum atomic E-state index is 5.20. The van der Waals surface area contributed by atoms with Crippen LogP contribution in [0.1, 0.15) is 0 Å². The summed E-state index contributed by atoms with van der Waals surface area (Å²) in [6.07, 6.45) is 0. The summed E-state index contributed by atoms with van der Waals surface area (Å²) in [7, 11) is 0. The number of ether oxygens (including phenoxy) is 1. The van der Waals surface area contributed by atoms with Crippen molar-refractivity contribution in [2.75, 3.05) is 39.4 Å². The molecule has 0 radical (unpaired) electrons. The monoisotopic (exact) mass is 172 g/mol. The Hall–Kier alpha value is -0.280. The van der Waals surface area contributed by atoms with E-state index in [4.69, 9.17) is 4.74 Å². The van der Waals surface area contributed by atoms with E-state index in [0.717, 1.165) is 39.4 Å². The van der Waals surface area contributed by atoms with Crippen LogP contribution < -0.4 is 0 Å². The smallest absolute Gasteiger partial charge is 0.0620 e. The van der Waals surface area contributed by atoms with Crippen LogP contribution in [0, 0.1) is 0 Å². The number of hydrogen-bond acceptors (Lipinski definition) is 4. The fourth-order valence-electron chi connectivity index (χ4n) is 1.06. The van der Waals surface area contributed by atoms with E-state index in [-0.39, 0.29) is 0 Å². The highest BCUT2D eigenvalue weighted by Crippen LogP contribution is 1.95. The van der Waals surface area contributed by atoms with E-state index in [9.17, 15) is 0 Å². The van der Waals surface area contributed by atoms with Crippen molar-refractivity contribution in [2.24, 2.45) is 4.99 Å². The minimum Gasteiger partial charge on any atom is -0.379 e. The summed E-state index contributed by atoms with van der Waals surface area (Å²) in [6, 6.07) is 0. The molecule has 1 rings (SSSR count). The van der Waals surface area contributed by atoms with Gasteiger partial charge in [0.1, 0.15) is 0 Å². The molecule has 1 saturated heterocycles. The molecule has 0 aromatic heterocycles. The number of morpholine rings is 1. The molecule has 11 heavy (non-hydrogen) atoms. The molecule has 0 spiro atoms. The molecule has 62 valence electrons. The maximum absolute atomic E-state index is 5.20. The fraction of sp³-hybridized carbons (Fsp3) is 0.857. The van der Waals surface area contributed by atoms with E-state index >= 15 is 0 Å². The summed E-state index contributed by atoms with van der Waals surface area (Å²) in [5.41, 5.74) is 0. The normalized spacial score (nSPS) is 19.3. The van der Waals surface area contributed by atoms with Crippen molar-refractivity contribution in [1.29, 1.82) is 0 Å². The number of rotatable bonds is 3. The van der Waals surface area contributed by atoms with E-state index in [2.05, 4.69) is 27.3 Å². The molecule has 0 aromatic carbocycles. The van der Waals surface area contributed by atoms with Gasteiger partial charge in [0.05, 0.1) is 24.9 Å². The van der Waals surface area contributed by atoms with E-state index in [1.165, 1.54) is 0 Å². The molecule has 1 aliphatic rings. The second-order valence-electron chi connectivity index (χ2n) is 2.43. The van der Waals surface area contributed by atoms with Gasteiger partial charge in [0.2, 0.25) is 0 Å². The van der Waals surface area contributed by atoms with Gasteiger partial charge in [0, 0.05) is 19.6 Å². The van der Waals surface area contributed by atoms with Crippen molar-refractivity contribution >= 4 is 17.4 Å². The quantitative estimate of drug-likeness (QED) is 0.455. The average molecular weight is 172 g/mol. The minimum absolute atomic E-state index is 0.767. The zero-order valence-corrected chi connectivity index (χ0v) is 7.27. The Morgan fingerprint density at radius 1 is 1.45 bits per heavy atom. The van der Waals surface area contributed by atoms with E-state index in [1.54, 1.807) is 0 Å². The van der Waals surface area contributed by atoms with Crippen molar-refractivity contribution in [2.45, 2.75) is 0 Å². The SMILES string of the molecule is S=C=NCCN1CCOCC1. The number of aliphatic imine (C=N–C) groups is 1. The first-order valence-electron chi connectivity index (χ1n) is 3.77. The lowest BCUT2D eigenvalue weighted by Gasteiger charge is -2.25. The van der Waals surface area contributed by atoms with Crippen LogP contribution in [0.2, 0.25) is 0 Å². The summed E-state index contributed by atoms with van der Waals surface area (Å²) < 4.78 is 5.20. The Balaban J connectivity index is 2.09. The van der Waals surface area contributed by atoms with Gasteiger partial charge in [-0.25, -0.2) is 4.99 Å². The van der Waals surface area contributed by atoms with Gasteiger partial charge in [-0.15, -0.1) is 0 Å². The number of nitrogens with zero attached hydrogens (tertiary/aromatic N) is 2. The van der Waals surface area contributed by atoms with Gasteiger partial charge in [-0.2, -0.15) is 0 Å². The molecular weight excluding hydrogens is 160 g/mol. The van der Waals surface area contributed by atoms with Crippen molar-refractivity contribution in [1.82, 2.24) is 4.90 Å². The average Bonchev–Trinajstić information content (AvgIpc) is 2.07. The van der Waals surface area contributed by atoms with Gasteiger partial charge in [0.15, 0.2) is 0 Å². The second kappa shape index (κ2) is 5.38. The Morgan fingerprint density at radius 3 is 2.82 bits per heavy atom. The van der Waals surface area contributed by atoms with Crippen LogP contribution in [-0.4, -0.2) is 49.5 Å². The molecule has 0 aromatic rings. The third-order valence-corrected chi connectivity index (χ3v) is 1.83. The molecule has 0 unspecified atom stereocenters. The van der Waals surface area contributed by atoms with Gasteiger partial charge in [-0.3, -0.25) is 4.90 Å². The van der Waals surface area contributed by atoms with Crippen LogP contribution in [0.3, 0.4) is 0 Å². The molecule has 3 nitrogen and oxygen atoms in total. The standard InChI is InChI=1S/C7H12N2OS/c11-7-8-1-2-9-3-5-10-6-4-9/h1-6H2. The first-order chi connectivity index (χ1) is 5.43. The first kappa shape index (κ1) is 8.81. The van der Waals surface area contributed by atoms with Crippen LogP contribution in [-0.2, 0) is 4.74 Å². The van der Waals surface area contributed by atoms with Crippen LogP contribution in [0.15, 0.2) is 4.99 Å². The summed E-state index contributed by atoms with van der Waals surface area (Å²) in [5.74, 6) is 0. The molecule has 1 heterocycles. The molecule has 0 N–H and O–H groups in total. The van der Waals surface area contributed by atoms with Crippen molar-refractivity contribution in [3.8, 4) is 0 Å². The highest BCUT2D eigenvalue weighted by atomic mass is 32.1. The first-order valence-corrected chi connectivity index (χ1v) is 4.18. The number of isothiocyanates is 1. The summed E-state index contributed by atoms with van der Waals surface area (Å²) in [6.45, 7) is 5.49. The third kappa shape index (κ3) is 3.58. The summed E-state index contributed by atoms with van der Waals surface area (Å²) >= 11 is 4.46. The molecule has 1 aliphatic heterocycles. The molecule has 0 saturated carbocycles. The molecule has 0 amide bonds. The fourth-order valence-corrected chi connectivity index (χ4v) is 1.15. The van der Waals surface area contributed by atoms with Crippen molar-refractivity contribution < 1.29 is 4.74 Å². The van der Waals surface area contributed by atoms with Gasteiger partial charge < -0.3 is 4.74 Å². The Kier molecular flexibility index (Phi) is 4.31. The van der Waals surface area contributed by atoms with E-state index < -0.39 is 0 Å². The number of hydrogen-bond donors (Lipinski definition) is 0. The molecule has 1 fully saturated rings. The van der Waals surface area contributed by atoms with Crippen LogP contribution in [0.5, 0.6) is 0 Å². The van der Waals surface area contributed by atoms with Gasteiger partial charge in [-0.1, -0.05) is 0 Å². The summed E-state index contributed by atoms with van der Waals surface area (Å²) in [4.78, 5) is 6.17. The van der Waals surface area contributed by atoms with Gasteiger partial charge in [0.25, 0.3) is 0 Å². The topological polar surface area (TPSA) is 24.8 Å². The molecule has 0 atom stereocenters. The second-order valence-corrected chi connectivity index (χ2v) is 2.61. The largest absolute Gasteiger partial charge is 0.379 e. The predicted octanol–water partition coefficient (Wildman–Crippen LogP) is 0.421. The highest BCUT2D eigenvalue weighted by molar-refractivity contribution is 7.78. The van der Waals surface area contributed by atoms with Gasteiger partial charge >= 0.3 is 0 Å². The lowest BCUT2D eigenvalue weighted by molar-refractivity contribution is 0.0395. The maximum Gasteiger partial charge on any atom is 0.0620 e. The third-order valence-electron chi connectivity index (χ3n) is 1.70. The van der Waals surface area contributed by atoms with E-state index in [1.807, 2.05) is 0 Å². The molecule has 4 heteroatoms. The van der Waals surface area contributed by atoms with Crippen molar-refractivity contribution in [3.05, 3.63) is 0 Å². The molecule has 0 bridgehead atoms. The lowest BCUT2D eigenvalue weighted by Crippen LogP contribution is -2.37. The summed E-state index contributed by atoms with van der Waals surface area (Å²) in [5, 5.41) is 2.36. The Bertz CT molecular complexity index is 151. The number of thiocarbonyl (C=S) groups is 1. The lowest BCUT2D eigenvalue weighted by atomic mass is 10.4. The van der Waals surface area contributed by atoms with Gasteiger partial charge in [-0.05, 0) is 12.2 Å². The van der Waals surface area contributed by atoms with Crippen LogP contribution in [0.25, 0.3) is 0 Å². The zero-order chi connectivity index (χ0) is 7.94. The van der Waals surface area contributed by atoms with Crippen molar-refractivity contribution in [3.63, 3.8) is 0 Å². The van der Waals surface area contributed by atoms with E-state index in [0.29, 0.717) is 0 Å².